The highest BCUT2D eigenvalue weighted by molar-refractivity contribution is 5.90. The first kappa shape index (κ1) is 14.1. The lowest BCUT2D eigenvalue weighted by Crippen LogP contribution is -2.41. The third kappa shape index (κ3) is 3.84. The smallest absolute Gasteiger partial charge is 0.242 e. The molecule has 20 heavy (non-hydrogen) atoms. The van der Waals surface area contributed by atoms with Crippen LogP contribution in [-0.4, -0.2) is 29.6 Å². The molecule has 1 heterocycles. The van der Waals surface area contributed by atoms with Crippen LogP contribution in [0.4, 0.5) is 0 Å². The van der Waals surface area contributed by atoms with Crippen molar-refractivity contribution >= 4 is 11.8 Å². The van der Waals surface area contributed by atoms with E-state index in [0.29, 0.717) is 19.4 Å². The van der Waals surface area contributed by atoms with Gasteiger partial charge in [-0.15, -0.1) is 0 Å². The Morgan fingerprint density at radius 3 is 2.75 bits per heavy atom. The monoisotopic (exact) mass is 272 g/mol. The minimum atomic E-state index is -0.405. The van der Waals surface area contributed by atoms with Crippen LogP contribution < -0.4 is 10.6 Å². The van der Waals surface area contributed by atoms with Gasteiger partial charge in [0.15, 0.2) is 0 Å². The second-order valence-corrected chi connectivity index (χ2v) is 4.53. The van der Waals surface area contributed by atoms with Gasteiger partial charge in [0.1, 0.15) is 12.6 Å². The molecule has 3 N–H and O–H groups in total. The summed E-state index contributed by atoms with van der Waals surface area (Å²) in [6.45, 7) is 0.254. The van der Waals surface area contributed by atoms with Gasteiger partial charge in [0.05, 0.1) is 0 Å². The van der Waals surface area contributed by atoms with Crippen molar-refractivity contribution in [2.45, 2.75) is 25.4 Å². The molecule has 1 atom stereocenters. The number of hydrogen-bond acceptors (Lipinski definition) is 3. The minimum absolute atomic E-state index is 0.0723. The van der Waals surface area contributed by atoms with E-state index in [-0.39, 0.29) is 18.4 Å². The molecule has 1 aliphatic heterocycles. The van der Waals surface area contributed by atoms with E-state index in [1.54, 1.807) is 0 Å². The second-order valence-electron chi connectivity index (χ2n) is 4.53. The third-order valence-electron chi connectivity index (χ3n) is 3.04. The summed E-state index contributed by atoms with van der Waals surface area (Å²) in [7, 11) is 0. The highest BCUT2D eigenvalue weighted by atomic mass is 16.2. The van der Waals surface area contributed by atoms with Crippen LogP contribution in [0.15, 0.2) is 24.3 Å². The van der Waals surface area contributed by atoms with Crippen LogP contribution in [-0.2, 0) is 16.1 Å². The predicted octanol–water partition coefficient (Wildman–Crippen LogP) is -0.0748. The number of carbonyl (C=O) groups excluding carboxylic acids is 2. The average Bonchev–Trinajstić information content (AvgIpc) is 2.90. The van der Waals surface area contributed by atoms with Gasteiger partial charge >= 0.3 is 0 Å². The topological polar surface area (TPSA) is 78.4 Å². The zero-order valence-corrected chi connectivity index (χ0v) is 11.0. The molecule has 5 heteroatoms. The molecule has 1 saturated heterocycles. The highest BCUT2D eigenvalue weighted by Crippen LogP contribution is 2.07. The Morgan fingerprint density at radius 2 is 2.15 bits per heavy atom. The van der Waals surface area contributed by atoms with Gasteiger partial charge in [0.25, 0.3) is 0 Å². The summed E-state index contributed by atoms with van der Waals surface area (Å²) < 4.78 is 0. The van der Waals surface area contributed by atoms with Crippen molar-refractivity contribution in [3.05, 3.63) is 35.4 Å². The molecule has 1 aromatic rings. The van der Waals surface area contributed by atoms with E-state index < -0.39 is 6.04 Å². The van der Waals surface area contributed by atoms with Crippen LogP contribution in [0.1, 0.15) is 24.0 Å². The standard InChI is InChI=1S/C15H16N2O3/c18-9-1-2-11-3-5-12(6-4-11)10-16-15(20)13-7-8-14(19)17-13/h3-6,13,18H,7-10H2,(H,16,20)(H,17,19). The predicted molar refractivity (Wildman–Crippen MR) is 73.4 cm³/mol. The maximum atomic E-state index is 11.8. The minimum Gasteiger partial charge on any atom is -0.384 e. The lowest BCUT2D eigenvalue weighted by Gasteiger charge is -2.10. The Balaban J connectivity index is 1.84. The van der Waals surface area contributed by atoms with Crippen LogP contribution in [0.5, 0.6) is 0 Å². The van der Waals surface area contributed by atoms with Crippen molar-refractivity contribution in [3.8, 4) is 11.8 Å². The molecule has 0 bridgehead atoms. The lowest BCUT2D eigenvalue weighted by molar-refractivity contribution is -0.125. The van der Waals surface area contributed by atoms with E-state index in [1.807, 2.05) is 24.3 Å². The van der Waals surface area contributed by atoms with E-state index in [2.05, 4.69) is 22.5 Å². The SMILES string of the molecule is O=C1CCC(C(=O)NCc2ccc(C#CCO)cc2)N1. The normalized spacial score (nSPS) is 17.1. The van der Waals surface area contributed by atoms with Crippen LogP contribution in [0.3, 0.4) is 0 Å². The molecule has 1 unspecified atom stereocenters. The molecule has 0 aliphatic carbocycles. The van der Waals surface area contributed by atoms with Crippen molar-refractivity contribution in [1.29, 1.82) is 0 Å². The quantitative estimate of drug-likeness (QED) is 0.674. The molecule has 0 saturated carbocycles. The molecular weight excluding hydrogens is 256 g/mol. The summed E-state index contributed by atoms with van der Waals surface area (Å²) in [6.07, 6.45) is 0.969. The molecular formula is C15H16N2O3. The molecule has 2 amide bonds. The number of aliphatic hydroxyl groups excluding tert-OH is 1. The molecule has 0 aromatic heterocycles. The molecule has 1 aliphatic rings. The number of amides is 2. The number of benzene rings is 1. The number of hydrogen-bond donors (Lipinski definition) is 3. The summed E-state index contributed by atoms with van der Waals surface area (Å²) in [5.41, 5.74) is 1.77. The fourth-order valence-corrected chi connectivity index (χ4v) is 1.97. The first-order valence-corrected chi connectivity index (χ1v) is 6.45. The van der Waals surface area contributed by atoms with Gasteiger partial charge in [-0.25, -0.2) is 0 Å². The Morgan fingerprint density at radius 1 is 1.40 bits per heavy atom. The second kappa shape index (κ2) is 6.73. The molecule has 0 radical (unpaired) electrons. The molecule has 2 rings (SSSR count). The Labute approximate surface area is 117 Å². The van der Waals surface area contributed by atoms with E-state index >= 15 is 0 Å². The summed E-state index contributed by atoms with van der Waals surface area (Å²) in [5, 5.41) is 14.0. The third-order valence-corrected chi connectivity index (χ3v) is 3.04. The van der Waals surface area contributed by atoms with Gasteiger partial charge in [-0.2, -0.15) is 0 Å². The average molecular weight is 272 g/mol. The molecule has 5 nitrogen and oxygen atoms in total. The van der Waals surface area contributed by atoms with Crippen molar-refractivity contribution in [1.82, 2.24) is 10.6 Å². The highest BCUT2D eigenvalue weighted by Gasteiger charge is 2.26. The van der Waals surface area contributed by atoms with Gasteiger partial charge in [-0.3, -0.25) is 9.59 Å². The largest absolute Gasteiger partial charge is 0.384 e. The number of carbonyl (C=O) groups is 2. The first-order valence-electron chi connectivity index (χ1n) is 6.45. The van der Waals surface area contributed by atoms with Gasteiger partial charge < -0.3 is 15.7 Å². The number of rotatable bonds is 3. The zero-order chi connectivity index (χ0) is 14.4. The van der Waals surface area contributed by atoms with Crippen molar-refractivity contribution < 1.29 is 14.7 Å². The summed E-state index contributed by atoms with van der Waals surface area (Å²) in [6, 6.07) is 7.00. The van der Waals surface area contributed by atoms with E-state index in [1.165, 1.54) is 0 Å². The fourth-order valence-electron chi connectivity index (χ4n) is 1.97. The molecule has 1 fully saturated rings. The first-order chi connectivity index (χ1) is 9.69. The molecule has 0 spiro atoms. The van der Waals surface area contributed by atoms with Gasteiger partial charge in [-0.1, -0.05) is 24.0 Å². The van der Waals surface area contributed by atoms with Gasteiger partial charge in [0.2, 0.25) is 11.8 Å². The Bertz CT molecular complexity index is 555. The summed E-state index contributed by atoms with van der Waals surface area (Å²) >= 11 is 0. The van der Waals surface area contributed by atoms with Crippen molar-refractivity contribution in [2.24, 2.45) is 0 Å². The van der Waals surface area contributed by atoms with E-state index in [9.17, 15) is 9.59 Å². The summed E-state index contributed by atoms with van der Waals surface area (Å²) in [4.78, 5) is 22.8. The van der Waals surface area contributed by atoms with Crippen LogP contribution in [0.2, 0.25) is 0 Å². The maximum absolute atomic E-state index is 11.8. The fraction of sp³-hybridized carbons (Fsp3) is 0.333. The molecule has 1 aromatic carbocycles. The number of aliphatic hydroxyl groups is 1. The summed E-state index contributed by atoms with van der Waals surface area (Å²) in [5.74, 6) is 5.15. The van der Waals surface area contributed by atoms with Crippen LogP contribution >= 0.6 is 0 Å². The van der Waals surface area contributed by atoms with E-state index in [4.69, 9.17) is 5.11 Å². The van der Waals surface area contributed by atoms with Gasteiger partial charge in [0, 0.05) is 18.5 Å². The van der Waals surface area contributed by atoms with Crippen molar-refractivity contribution in [3.63, 3.8) is 0 Å². The zero-order valence-electron chi connectivity index (χ0n) is 11.0. The van der Waals surface area contributed by atoms with Crippen LogP contribution in [0, 0.1) is 11.8 Å². The Kier molecular flexibility index (Phi) is 4.75. The lowest BCUT2D eigenvalue weighted by atomic mass is 10.1. The van der Waals surface area contributed by atoms with Crippen molar-refractivity contribution in [2.75, 3.05) is 6.61 Å². The van der Waals surface area contributed by atoms with E-state index in [0.717, 1.165) is 11.1 Å². The van der Waals surface area contributed by atoms with Gasteiger partial charge in [-0.05, 0) is 24.1 Å². The Hall–Kier alpha value is -2.32. The maximum Gasteiger partial charge on any atom is 0.242 e. The molecule has 104 valence electrons. The number of nitrogens with one attached hydrogen (secondary N) is 2. The van der Waals surface area contributed by atoms with Crippen LogP contribution in [0.25, 0.3) is 0 Å².